The first-order valence-electron chi connectivity index (χ1n) is 6.93. The Bertz CT molecular complexity index is 433. The highest BCUT2D eigenvalue weighted by Crippen LogP contribution is 2.58. The Hall–Kier alpha value is -1.14. The van der Waals surface area contributed by atoms with Crippen LogP contribution in [0.15, 0.2) is 0 Å². The number of aliphatic hydroxyl groups excluding tert-OH is 1. The van der Waals surface area contributed by atoms with E-state index in [2.05, 4.69) is 0 Å². The molecule has 6 heteroatoms. The quantitative estimate of drug-likeness (QED) is 0.618. The molecule has 6 nitrogen and oxygen atoms in total. The molecule has 2 saturated heterocycles. The van der Waals surface area contributed by atoms with Crippen molar-refractivity contribution in [3.8, 4) is 0 Å². The molecule has 0 aromatic heterocycles. The van der Waals surface area contributed by atoms with Gasteiger partial charge >= 0.3 is 5.97 Å². The number of amides is 1. The van der Waals surface area contributed by atoms with E-state index in [1.54, 1.807) is 4.90 Å². The zero-order valence-corrected chi connectivity index (χ0v) is 10.5. The van der Waals surface area contributed by atoms with Gasteiger partial charge in [-0.1, -0.05) is 0 Å². The highest BCUT2D eigenvalue weighted by atomic mass is 16.6. The van der Waals surface area contributed by atoms with Gasteiger partial charge in [0.05, 0.1) is 31.2 Å². The van der Waals surface area contributed by atoms with E-state index in [0.29, 0.717) is 26.3 Å². The van der Waals surface area contributed by atoms with Gasteiger partial charge in [-0.25, -0.2) is 0 Å². The maximum Gasteiger partial charge on any atom is 0.310 e. The van der Waals surface area contributed by atoms with E-state index in [0.717, 1.165) is 6.42 Å². The minimum atomic E-state index is -0.664. The van der Waals surface area contributed by atoms with Crippen molar-refractivity contribution in [1.82, 2.24) is 4.90 Å². The van der Waals surface area contributed by atoms with Crippen molar-refractivity contribution < 1.29 is 24.2 Å². The van der Waals surface area contributed by atoms with Crippen molar-refractivity contribution in [2.75, 3.05) is 26.3 Å². The third kappa shape index (κ3) is 1.44. The van der Waals surface area contributed by atoms with Gasteiger partial charge in [0.25, 0.3) is 0 Å². The van der Waals surface area contributed by atoms with Crippen molar-refractivity contribution >= 4 is 11.9 Å². The summed E-state index contributed by atoms with van der Waals surface area (Å²) in [6.45, 7) is 2.25. The van der Waals surface area contributed by atoms with Crippen LogP contribution in [0.1, 0.15) is 6.42 Å². The van der Waals surface area contributed by atoms with E-state index >= 15 is 0 Å². The van der Waals surface area contributed by atoms with Crippen LogP contribution in [0.4, 0.5) is 0 Å². The van der Waals surface area contributed by atoms with Gasteiger partial charge in [0.15, 0.2) is 0 Å². The maximum absolute atomic E-state index is 12.6. The Kier molecular flexibility index (Phi) is 2.41. The zero-order chi connectivity index (χ0) is 13.1. The molecule has 1 N–H and O–H groups in total. The van der Waals surface area contributed by atoms with Crippen molar-refractivity contribution in [2.45, 2.75) is 18.6 Å². The molecular formula is C13H17NO5. The molecule has 6 atom stereocenters. The molecule has 0 spiro atoms. The molecule has 1 amide bonds. The molecule has 4 fully saturated rings. The summed E-state index contributed by atoms with van der Waals surface area (Å²) in [5.41, 5.74) is 0. The first-order valence-corrected chi connectivity index (χ1v) is 6.93. The van der Waals surface area contributed by atoms with Gasteiger partial charge in [0.1, 0.15) is 6.10 Å². The molecule has 4 aliphatic rings. The van der Waals surface area contributed by atoms with Crippen LogP contribution in [0.2, 0.25) is 0 Å². The molecule has 2 heterocycles. The van der Waals surface area contributed by atoms with Crippen molar-refractivity contribution in [1.29, 1.82) is 0 Å². The summed E-state index contributed by atoms with van der Waals surface area (Å²) < 4.78 is 10.5. The second-order valence-corrected chi connectivity index (χ2v) is 5.94. The Balaban J connectivity index is 1.61. The Morgan fingerprint density at radius 3 is 2.74 bits per heavy atom. The molecule has 2 saturated carbocycles. The first kappa shape index (κ1) is 11.7. The number of ether oxygens (including phenoxy) is 2. The Morgan fingerprint density at radius 1 is 1.26 bits per heavy atom. The number of esters is 1. The number of carbonyl (C=O) groups excluding carboxylic acids is 2. The standard InChI is InChI=1S/C13H17NO5/c15-10-6-5-7-9(13(17)19-11(7)10)8(6)12(16)14-1-3-18-4-2-14/h6-11,15H,1-5H2. The number of rotatable bonds is 1. The number of fused-ring (bicyclic) bond motifs is 1. The average molecular weight is 267 g/mol. The van der Waals surface area contributed by atoms with Gasteiger partial charge in [-0.3, -0.25) is 9.59 Å². The molecule has 2 bridgehead atoms. The van der Waals surface area contributed by atoms with Gasteiger partial charge in [-0.15, -0.1) is 0 Å². The van der Waals surface area contributed by atoms with Crippen molar-refractivity contribution in [3.05, 3.63) is 0 Å². The summed E-state index contributed by atoms with van der Waals surface area (Å²) in [5, 5.41) is 10.2. The number of morpholine rings is 1. The van der Waals surface area contributed by atoms with Crippen LogP contribution in [0.3, 0.4) is 0 Å². The lowest BCUT2D eigenvalue weighted by Gasteiger charge is -2.34. The van der Waals surface area contributed by atoms with Crippen LogP contribution in [0.25, 0.3) is 0 Å². The minimum Gasteiger partial charge on any atom is -0.459 e. The van der Waals surface area contributed by atoms with Gasteiger partial charge in [0.2, 0.25) is 5.91 Å². The van der Waals surface area contributed by atoms with Crippen molar-refractivity contribution in [2.24, 2.45) is 23.7 Å². The zero-order valence-electron chi connectivity index (χ0n) is 10.5. The predicted molar refractivity (Wildman–Crippen MR) is 61.9 cm³/mol. The second kappa shape index (κ2) is 3.93. The first-order chi connectivity index (χ1) is 9.18. The van der Waals surface area contributed by atoms with E-state index in [-0.39, 0.29) is 41.7 Å². The number of carbonyl (C=O) groups is 2. The molecule has 0 aromatic rings. The third-order valence-electron chi connectivity index (χ3n) is 5.18. The number of hydrogen-bond donors (Lipinski definition) is 1. The number of nitrogens with zero attached hydrogens (tertiary/aromatic N) is 1. The number of hydrogen-bond acceptors (Lipinski definition) is 5. The largest absolute Gasteiger partial charge is 0.459 e. The highest BCUT2D eigenvalue weighted by Gasteiger charge is 2.68. The highest BCUT2D eigenvalue weighted by molar-refractivity contribution is 5.88. The van der Waals surface area contributed by atoms with Gasteiger partial charge in [0, 0.05) is 24.9 Å². The smallest absolute Gasteiger partial charge is 0.310 e. The topological polar surface area (TPSA) is 76.1 Å². The molecular weight excluding hydrogens is 250 g/mol. The summed E-state index contributed by atoms with van der Waals surface area (Å²) in [6.07, 6.45) is -0.290. The summed E-state index contributed by atoms with van der Waals surface area (Å²) in [4.78, 5) is 26.3. The predicted octanol–water partition coefficient (Wildman–Crippen LogP) is -0.986. The van der Waals surface area contributed by atoms with Crippen LogP contribution < -0.4 is 0 Å². The fourth-order valence-corrected chi connectivity index (χ4v) is 4.35. The summed E-state index contributed by atoms with van der Waals surface area (Å²) in [6, 6.07) is 0. The normalized spacial score (nSPS) is 47.6. The average Bonchev–Trinajstić information content (AvgIpc) is 3.03. The fourth-order valence-electron chi connectivity index (χ4n) is 4.35. The molecule has 0 radical (unpaired) electrons. The lowest BCUT2D eigenvalue weighted by Crippen LogP contribution is -2.49. The summed E-state index contributed by atoms with van der Waals surface area (Å²) in [5.74, 6) is -1.07. The third-order valence-corrected chi connectivity index (χ3v) is 5.18. The van der Waals surface area contributed by atoms with Crippen LogP contribution in [0.5, 0.6) is 0 Å². The van der Waals surface area contributed by atoms with Gasteiger partial charge < -0.3 is 19.5 Å². The van der Waals surface area contributed by atoms with E-state index in [1.807, 2.05) is 0 Å². The molecule has 4 rings (SSSR count). The van der Waals surface area contributed by atoms with Crippen LogP contribution in [-0.4, -0.2) is 60.4 Å². The second-order valence-electron chi connectivity index (χ2n) is 5.94. The lowest BCUT2D eigenvalue weighted by atomic mass is 9.77. The molecule has 2 aliphatic carbocycles. The monoisotopic (exact) mass is 267 g/mol. The summed E-state index contributed by atoms with van der Waals surface area (Å²) in [7, 11) is 0. The molecule has 2 aliphatic heterocycles. The van der Waals surface area contributed by atoms with E-state index in [1.165, 1.54) is 0 Å². The minimum absolute atomic E-state index is 0.00264. The van der Waals surface area contributed by atoms with E-state index in [4.69, 9.17) is 9.47 Å². The van der Waals surface area contributed by atoms with Gasteiger partial charge in [-0.2, -0.15) is 0 Å². The molecule has 19 heavy (non-hydrogen) atoms. The molecule has 6 unspecified atom stereocenters. The molecule has 0 aromatic carbocycles. The van der Waals surface area contributed by atoms with Gasteiger partial charge in [-0.05, 0) is 6.42 Å². The SMILES string of the molecule is O=C1OC2C(O)C3CC2C1C3C(=O)N1CCOCC1. The Labute approximate surface area is 110 Å². The number of aliphatic hydroxyl groups is 1. The van der Waals surface area contributed by atoms with Crippen LogP contribution in [-0.2, 0) is 19.1 Å². The van der Waals surface area contributed by atoms with E-state index < -0.39 is 6.10 Å². The van der Waals surface area contributed by atoms with Crippen LogP contribution in [0, 0.1) is 23.7 Å². The fraction of sp³-hybridized carbons (Fsp3) is 0.846. The summed E-state index contributed by atoms with van der Waals surface area (Å²) >= 11 is 0. The maximum atomic E-state index is 12.6. The Morgan fingerprint density at radius 2 is 2.00 bits per heavy atom. The van der Waals surface area contributed by atoms with E-state index in [9.17, 15) is 14.7 Å². The lowest BCUT2D eigenvalue weighted by molar-refractivity contribution is -0.149. The molecule has 104 valence electrons. The van der Waals surface area contributed by atoms with Crippen LogP contribution >= 0.6 is 0 Å². The van der Waals surface area contributed by atoms with Crippen molar-refractivity contribution in [3.63, 3.8) is 0 Å².